The second kappa shape index (κ2) is 5.72. The van der Waals surface area contributed by atoms with Gasteiger partial charge < -0.3 is 10.0 Å². The summed E-state index contributed by atoms with van der Waals surface area (Å²) in [6.45, 7) is 4.49. The van der Waals surface area contributed by atoms with Crippen LogP contribution < -0.4 is 0 Å². The van der Waals surface area contributed by atoms with E-state index >= 15 is 0 Å². The molecule has 0 unspecified atom stereocenters. The Hall–Kier alpha value is -1.49. The SMILES string of the molecule is CCc1nc(CN(C)C)nc(C)c1CC(=O)O. The first-order valence-corrected chi connectivity index (χ1v) is 5.65. The number of carboxylic acid groups (broad SMARTS) is 1. The lowest BCUT2D eigenvalue weighted by atomic mass is 10.1. The Balaban J connectivity index is 3.11. The van der Waals surface area contributed by atoms with Gasteiger partial charge >= 0.3 is 5.97 Å². The van der Waals surface area contributed by atoms with Gasteiger partial charge in [0.05, 0.1) is 13.0 Å². The number of hydrogen-bond donors (Lipinski definition) is 1. The molecule has 0 aromatic carbocycles. The lowest BCUT2D eigenvalue weighted by Gasteiger charge is -2.13. The van der Waals surface area contributed by atoms with Crippen LogP contribution in [0.2, 0.25) is 0 Å². The van der Waals surface area contributed by atoms with Gasteiger partial charge in [0.1, 0.15) is 5.82 Å². The minimum absolute atomic E-state index is 0.00273. The van der Waals surface area contributed by atoms with E-state index in [0.29, 0.717) is 6.54 Å². The molecule has 1 rings (SSSR count). The fourth-order valence-corrected chi connectivity index (χ4v) is 1.75. The standard InChI is InChI=1S/C12H19N3O2/c1-5-10-9(6-12(16)17)8(2)13-11(14-10)7-15(3)4/h5-7H2,1-4H3,(H,16,17). The van der Waals surface area contributed by atoms with E-state index < -0.39 is 5.97 Å². The van der Waals surface area contributed by atoms with Gasteiger partial charge in [-0.1, -0.05) is 6.92 Å². The minimum atomic E-state index is -0.841. The molecule has 0 amide bonds. The first-order chi connectivity index (χ1) is 7.93. The van der Waals surface area contributed by atoms with Crippen molar-refractivity contribution in [3.8, 4) is 0 Å². The highest BCUT2D eigenvalue weighted by Gasteiger charge is 2.13. The van der Waals surface area contributed by atoms with Crippen molar-refractivity contribution >= 4 is 5.97 Å². The average molecular weight is 237 g/mol. The molecular weight excluding hydrogens is 218 g/mol. The van der Waals surface area contributed by atoms with E-state index in [1.807, 2.05) is 32.8 Å². The second-order valence-corrected chi connectivity index (χ2v) is 4.31. The quantitative estimate of drug-likeness (QED) is 0.828. The van der Waals surface area contributed by atoms with Crippen LogP contribution in [-0.2, 0) is 24.2 Å². The molecule has 0 radical (unpaired) electrons. The molecule has 1 heterocycles. The zero-order valence-corrected chi connectivity index (χ0v) is 10.8. The van der Waals surface area contributed by atoms with Crippen molar-refractivity contribution in [1.82, 2.24) is 14.9 Å². The van der Waals surface area contributed by atoms with Crippen LogP contribution >= 0.6 is 0 Å². The molecular formula is C12H19N3O2. The maximum Gasteiger partial charge on any atom is 0.307 e. The number of carbonyl (C=O) groups is 1. The number of rotatable bonds is 5. The summed E-state index contributed by atoms with van der Waals surface area (Å²) in [6.07, 6.45) is 0.726. The highest BCUT2D eigenvalue weighted by molar-refractivity contribution is 5.70. The van der Waals surface area contributed by atoms with E-state index in [2.05, 4.69) is 9.97 Å². The third-order valence-electron chi connectivity index (χ3n) is 2.47. The van der Waals surface area contributed by atoms with Gasteiger partial charge in [-0.3, -0.25) is 4.79 Å². The lowest BCUT2D eigenvalue weighted by molar-refractivity contribution is -0.136. The number of hydrogen-bond acceptors (Lipinski definition) is 4. The summed E-state index contributed by atoms with van der Waals surface area (Å²) in [7, 11) is 3.91. The van der Waals surface area contributed by atoms with Gasteiger partial charge in [-0.25, -0.2) is 9.97 Å². The van der Waals surface area contributed by atoms with E-state index in [-0.39, 0.29) is 6.42 Å². The normalized spacial score (nSPS) is 10.9. The molecule has 1 aromatic heterocycles. The summed E-state index contributed by atoms with van der Waals surface area (Å²) in [5.41, 5.74) is 2.37. The molecule has 0 saturated carbocycles. The van der Waals surface area contributed by atoms with Crippen LogP contribution in [0.5, 0.6) is 0 Å². The number of aromatic nitrogens is 2. The van der Waals surface area contributed by atoms with Crippen LogP contribution in [0.15, 0.2) is 0 Å². The average Bonchev–Trinajstić information content (AvgIpc) is 2.20. The van der Waals surface area contributed by atoms with Crippen LogP contribution in [0.1, 0.15) is 29.7 Å². The summed E-state index contributed by atoms with van der Waals surface area (Å²) >= 11 is 0. The van der Waals surface area contributed by atoms with E-state index in [9.17, 15) is 4.79 Å². The van der Waals surface area contributed by atoms with Crippen LogP contribution in [0.3, 0.4) is 0 Å². The predicted octanol–water partition coefficient (Wildman–Crippen LogP) is 1.04. The topological polar surface area (TPSA) is 66.3 Å². The highest BCUT2D eigenvalue weighted by Crippen LogP contribution is 2.13. The molecule has 5 heteroatoms. The summed E-state index contributed by atoms with van der Waals surface area (Å²) in [6, 6.07) is 0. The molecule has 0 spiro atoms. The fraction of sp³-hybridized carbons (Fsp3) is 0.583. The Morgan fingerprint density at radius 3 is 2.47 bits per heavy atom. The minimum Gasteiger partial charge on any atom is -0.481 e. The third-order valence-corrected chi connectivity index (χ3v) is 2.47. The van der Waals surface area contributed by atoms with Crippen molar-refractivity contribution in [3.05, 3.63) is 22.8 Å². The zero-order valence-electron chi connectivity index (χ0n) is 10.8. The molecule has 0 bridgehead atoms. The fourth-order valence-electron chi connectivity index (χ4n) is 1.75. The Labute approximate surface area is 102 Å². The summed E-state index contributed by atoms with van der Waals surface area (Å²) in [5.74, 6) is -0.0924. The van der Waals surface area contributed by atoms with Crippen LogP contribution in [0, 0.1) is 6.92 Å². The Bertz CT molecular complexity index is 416. The van der Waals surface area contributed by atoms with Gasteiger partial charge in [-0.15, -0.1) is 0 Å². The first kappa shape index (κ1) is 13.6. The maximum atomic E-state index is 10.8. The molecule has 0 aliphatic rings. The molecule has 0 fully saturated rings. The Kier molecular flexibility index (Phi) is 4.57. The second-order valence-electron chi connectivity index (χ2n) is 4.31. The Morgan fingerprint density at radius 2 is 2.00 bits per heavy atom. The largest absolute Gasteiger partial charge is 0.481 e. The van der Waals surface area contributed by atoms with Crippen LogP contribution in [-0.4, -0.2) is 40.0 Å². The molecule has 17 heavy (non-hydrogen) atoms. The van der Waals surface area contributed by atoms with Crippen molar-refractivity contribution in [2.75, 3.05) is 14.1 Å². The number of aliphatic carboxylic acids is 1. The third kappa shape index (κ3) is 3.78. The lowest BCUT2D eigenvalue weighted by Crippen LogP contribution is -2.17. The molecule has 5 nitrogen and oxygen atoms in total. The number of carboxylic acids is 1. The first-order valence-electron chi connectivity index (χ1n) is 5.65. The number of nitrogens with zero attached hydrogens (tertiary/aromatic N) is 3. The predicted molar refractivity (Wildman–Crippen MR) is 64.9 cm³/mol. The highest BCUT2D eigenvalue weighted by atomic mass is 16.4. The van der Waals surface area contributed by atoms with Crippen molar-refractivity contribution in [2.24, 2.45) is 0 Å². The van der Waals surface area contributed by atoms with Gasteiger partial charge in [0.15, 0.2) is 0 Å². The Morgan fingerprint density at radius 1 is 1.35 bits per heavy atom. The molecule has 1 aromatic rings. The molecule has 94 valence electrons. The van der Waals surface area contributed by atoms with Crippen molar-refractivity contribution in [2.45, 2.75) is 33.2 Å². The van der Waals surface area contributed by atoms with Crippen LogP contribution in [0.4, 0.5) is 0 Å². The van der Waals surface area contributed by atoms with E-state index in [4.69, 9.17) is 5.11 Å². The molecule has 0 aliphatic carbocycles. The summed E-state index contributed by atoms with van der Waals surface area (Å²) < 4.78 is 0. The van der Waals surface area contributed by atoms with E-state index in [0.717, 1.165) is 29.2 Å². The van der Waals surface area contributed by atoms with Crippen molar-refractivity contribution < 1.29 is 9.90 Å². The smallest absolute Gasteiger partial charge is 0.307 e. The molecule has 0 aliphatic heterocycles. The van der Waals surface area contributed by atoms with Crippen molar-refractivity contribution in [3.63, 3.8) is 0 Å². The number of aryl methyl sites for hydroxylation is 2. The maximum absolute atomic E-state index is 10.8. The summed E-state index contributed by atoms with van der Waals surface area (Å²) in [5, 5.41) is 8.86. The van der Waals surface area contributed by atoms with E-state index in [1.54, 1.807) is 0 Å². The monoisotopic (exact) mass is 237 g/mol. The molecule has 1 N–H and O–H groups in total. The van der Waals surface area contributed by atoms with Gasteiger partial charge in [0.25, 0.3) is 0 Å². The van der Waals surface area contributed by atoms with Gasteiger partial charge in [-0.05, 0) is 27.4 Å². The summed E-state index contributed by atoms with van der Waals surface area (Å²) in [4.78, 5) is 21.6. The van der Waals surface area contributed by atoms with E-state index in [1.165, 1.54) is 0 Å². The zero-order chi connectivity index (χ0) is 13.0. The van der Waals surface area contributed by atoms with Crippen LogP contribution in [0.25, 0.3) is 0 Å². The van der Waals surface area contributed by atoms with Crippen molar-refractivity contribution in [1.29, 1.82) is 0 Å². The van der Waals surface area contributed by atoms with Gasteiger partial charge in [0, 0.05) is 17.0 Å². The van der Waals surface area contributed by atoms with Gasteiger partial charge in [-0.2, -0.15) is 0 Å². The molecule has 0 saturated heterocycles. The van der Waals surface area contributed by atoms with Gasteiger partial charge in [0.2, 0.25) is 0 Å². The molecule has 0 atom stereocenters.